The largest absolute Gasteiger partial charge is 0.396 e. The van der Waals surface area contributed by atoms with Crippen LogP contribution in [0.15, 0.2) is 42.5 Å². The maximum absolute atomic E-state index is 13.7. The van der Waals surface area contributed by atoms with Gasteiger partial charge in [-0.05, 0) is 40.8 Å². The van der Waals surface area contributed by atoms with Crippen LogP contribution in [0.1, 0.15) is 34.3 Å². The van der Waals surface area contributed by atoms with Gasteiger partial charge in [0.1, 0.15) is 5.82 Å². The molecular formula is C18H17FO2. The minimum Gasteiger partial charge on any atom is -0.396 e. The third-order valence-electron chi connectivity index (χ3n) is 4.77. The van der Waals surface area contributed by atoms with Crippen LogP contribution in [0.5, 0.6) is 0 Å². The van der Waals surface area contributed by atoms with Crippen LogP contribution in [0.25, 0.3) is 0 Å². The molecule has 2 nitrogen and oxygen atoms in total. The summed E-state index contributed by atoms with van der Waals surface area (Å²) in [4.78, 5) is 0. The Morgan fingerprint density at radius 2 is 1.90 bits per heavy atom. The van der Waals surface area contributed by atoms with Crippen molar-refractivity contribution in [2.24, 2.45) is 5.92 Å². The van der Waals surface area contributed by atoms with Crippen molar-refractivity contribution in [3.63, 3.8) is 0 Å². The summed E-state index contributed by atoms with van der Waals surface area (Å²) in [5.74, 6) is -0.0471. The SMILES string of the molecule is OCC1CO[C@@H]2c3cc(F)ccc3Cc3ccccc3[C@@H]12. The van der Waals surface area contributed by atoms with E-state index in [0.717, 1.165) is 17.5 Å². The summed E-state index contributed by atoms with van der Waals surface area (Å²) in [5, 5.41) is 9.67. The minimum atomic E-state index is -0.227. The lowest BCUT2D eigenvalue weighted by Gasteiger charge is -2.22. The lowest BCUT2D eigenvalue weighted by atomic mass is 9.82. The molecule has 1 aliphatic heterocycles. The van der Waals surface area contributed by atoms with Gasteiger partial charge >= 0.3 is 0 Å². The number of hydrogen-bond acceptors (Lipinski definition) is 2. The van der Waals surface area contributed by atoms with E-state index >= 15 is 0 Å². The van der Waals surface area contributed by atoms with E-state index in [9.17, 15) is 9.50 Å². The van der Waals surface area contributed by atoms with Gasteiger partial charge in [0, 0.05) is 18.4 Å². The highest BCUT2D eigenvalue weighted by Gasteiger charge is 2.42. The van der Waals surface area contributed by atoms with E-state index in [2.05, 4.69) is 12.1 Å². The molecule has 1 heterocycles. The van der Waals surface area contributed by atoms with E-state index in [0.29, 0.717) is 6.61 Å². The monoisotopic (exact) mass is 284 g/mol. The van der Waals surface area contributed by atoms with E-state index in [1.807, 2.05) is 18.2 Å². The minimum absolute atomic E-state index is 0.0744. The van der Waals surface area contributed by atoms with E-state index in [1.165, 1.54) is 17.2 Å². The molecule has 1 N–H and O–H groups in total. The van der Waals surface area contributed by atoms with Crippen molar-refractivity contribution < 1.29 is 14.2 Å². The fourth-order valence-electron chi connectivity index (χ4n) is 3.77. The highest BCUT2D eigenvalue weighted by Crippen LogP contribution is 2.49. The van der Waals surface area contributed by atoms with Crippen molar-refractivity contribution in [3.8, 4) is 0 Å². The molecule has 21 heavy (non-hydrogen) atoms. The zero-order valence-electron chi connectivity index (χ0n) is 11.6. The topological polar surface area (TPSA) is 29.5 Å². The zero-order chi connectivity index (χ0) is 14.4. The van der Waals surface area contributed by atoms with Gasteiger partial charge in [-0.2, -0.15) is 0 Å². The average Bonchev–Trinajstić information content (AvgIpc) is 2.87. The standard InChI is InChI=1S/C18H17FO2/c19-14-6-5-12-7-11-3-1-2-4-15(11)17-13(9-20)10-21-18(17)16(12)8-14/h1-6,8,13,17-18,20H,7,9-10H2/t13?,17-,18-/m1/s1. The Morgan fingerprint density at radius 1 is 1.10 bits per heavy atom. The Labute approximate surface area is 123 Å². The molecule has 4 rings (SSSR count). The second-order valence-corrected chi connectivity index (χ2v) is 5.94. The van der Waals surface area contributed by atoms with Gasteiger partial charge in [0.05, 0.1) is 12.7 Å². The molecule has 0 bridgehead atoms. The van der Waals surface area contributed by atoms with Gasteiger partial charge < -0.3 is 9.84 Å². The fourth-order valence-corrected chi connectivity index (χ4v) is 3.77. The smallest absolute Gasteiger partial charge is 0.123 e. The highest BCUT2D eigenvalue weighted by molar-refractivity contribution is 5.45. The third-order valence-corrected chi connectivity index (χ3v) is 4.77. The molecule has 1 aliphatic carbocycles. The molecule has 0 aromatic heterocycles. The van der Waals surface area contributed by atoms with E-state index < -0.39 is 0 Å². The molecule has 2 aromatic carbocycles. The Hall–Kier alpha value is -1.71. The molecule has 1 unspecified atom stereocenters. The molecule has 2 aliphatic rings. The average molecular weight is 284 g/mol. The molecule has 1 saturated heterocycles. The summed E-state index contributed by atoms with van der Waals surface area (Å²) in [6, 6.07) is 13.3. The number of ether oxygens (including phenoxy) is 1. The lowest BCUT2D eigenvalue weighted by Crippen LogP contribution is -2.17. The molecule has 0 saturated carbocycles. The fraction of sp³-hybridized carbons (Fsp3) is 0.333. The van der Waals surface area contributed by atoms with E-state index in [-0.39, 0.29) is 30.4 Å². The lowest BCUT2D eigenvalue weighted by molar-refractivity contribution is 0.0975. The Kier molecular flexibility index (Phi) is 3.05. The Morgan fingerprint density at radius 3 is 2.76 bits per heavy atom. The predicted octanol–water partition coefficient (Wildman–Crippen LogP) is 3.19. The van der Waals surface area contributed by atoms with Crippen LogP contribution in [0.2, 0.25) is 0 Å². The third kappa shape index (κ3) is 2.00. The summed E-state index contributed by atoms with van der Waals surface area (Å²) < 4.78 is 19.6. The number of aliphatic hydroxyl groups excluding tert-OH is 1. The van der Waals surface area contributed by atoms with Crippen molar-refractivity contribution in [1.82, 2.24) is 0 Å². The first-order valence-electron chi connectivity index (χ1n) is 7.36. The first-order valence-corrected chi connectivity index (χ1v) is 7.36. The first-order chi connectivity index (χ1) is 10.3. The van der Waals surface area contributed by atoms with Gasteiger partial charge in [0.2, 0.25) is 0 Å². The first kappa shape index (κ1) is 13.0. The molecule has 0 amide bonds. The van der Waals surface area contributed by atoms with Crippen LogP contribution in [-0.2, 0) is 11.2 Å². The maximum atomic E-state index is 13.7. The van der Waals surface area contributed by atoms with Crippen molar-refractivity contribution in [1.29, 1.82) is 0 Å². The summed E-state index contributed by atoms with van der Waals surface area (Å²) in [6.07, 6.45) is 0.636. The van der Waals surface area contributed by atoms with Crippen molar-refractivity contribution >= 4 is 0 Å². The van der Waals surface area contributed by atoms with Crippen LogP contribution in [0.4, 0.5) is 4.39 Å². The molecule has 108 valence electrons. The number of benzene rings is 2. The number of rotatable bonds is 1. The Bertz CT molecular complexity index is 683. The second kappa shape index (κ2) is 4.93. The van der Waals surface area contributed by atoms with Gasteiger partial charge in [-0.1, -0.05) is 30.3 Å². The highest BCUT2D eigenvalue weighted by atomic mass is 19.1. The number of aliphatic hydroxyl groups is 1. The van der Waals surface area contributed by atoms with Crippen LogP contribution in [-0.4, -0.2) is 18.3 Å². The number of halogens is 1. The molecule has 1 fully saturated rings. The van der Waals surface area contributed by atoms with Gasteiger partial charge in [-0.15, -0.1) is 0 Å². The number of hydrogen-bond donors (Lipinski definition) is 1. The molecular weight excluding hydrogens is 267 g/mol. The molecule has 0 spiro atoms. The van der Waals surface area contributed by atoms with Crippen LogP contribution >= 0.6 is 0 Å². The van der Waals surface area contributed by atoms with Gasteiger partial charge in [-0.25, -0.2) is 4.39 Å². The number of fused-ring (bicyclic) bond motifs is 5. The van der Waals surface area contributed by atoms with Crippen molar-refractivity contribution in [2.75, 3.05) is 13.2 Å². The summed E-state index contributed by atoms with van der Waals surface area (Å²) in [7, 11) is 0. The second-order valence-electron chi connectivity index (χ2n) is 5.94. The predicted molar refractivity (Wildman–Crippen MR) is 77.7 cm³/mol. The molecule has 0 radical (unpaired) electrons. The van der Waals surface area contributed by atoms with Crippen molar-refractivity contribution in [2.45, 2.75) is 18.4 Å². The normalized spacial score (nSPS) is 26.7. The van der Waals surface area contributed by atoms with Gasteiger partial charge in [0.15, 0.2) is 0 Å². The van der Waals surface area contributed by atoms with Crippen molar-refractivity contribution in [3.05, 3.63) is 70.5 Å². The van der Waals surface area contributed by atoms with Crippen LogP contribution in [0, 0.1) is 11.7 Å². The quantitative estimate of drug-likeness (QED) is 0.871. The maximum Gasteiger partial charge on any atom is 0.123 e. The molecule has 3 atom stereocenters. The molecule has 3 heteroatoms. The van der Waals surface area contributed by atoms with Crippen LogP contribution in [0.3, 0.4) is 0 Å². The summed E-state index contributed by atoms with van der Waals surface area (Å²) >= 11 is 0. The summed E-state index contributed by atoms with van der Waals surface area (Å²) in [5.41, 5.74) is 4.54. The van der Waals surface area contributed by atoms with Gasteiger partial charge in [0.25, 0.3) is 0 Å². The zero-order valence-corrected chi connectivity index (χ0v) is 11.6. The Balaban J connectivity index is 1.93. The van der Waals surface area contributed by atoms with Gasteiger partial charge in [-0.3, -0.25) is 0 Å². The summed E-state index contributed by atoms with van der Waals surface area (Å²) in [6.45, 7) is 0.621. The molecule has 2 aromatic rings. The van der Waals surface area contributed by atoms with E-state index in [1.54, 1.807) is 6.07 Å². The van der Waals surface area contributed by atoms with E-state index in [4.69, 9.17) is 4.74 Å². The van der Waals surface area contributed by atoms with Crippen LogP contribution < -0.4 is 0 Å².